The van der Waals surface area contributed by atoms with Crippen LogP contribution in [-0.4, -0.2) is 40.9 Å². The smallest absolute Gasteiger partial charge is 0.283 e. The molecule has 130 valence electrons. The third-order valence-corrected chi connectivity index (χ3v) is 5.95. The van der Waals surface area contributed by atoms with Crippen molar-refractivity contribution < 1.29 is 9.53 Å². The summed E-state index contributed by atoms with van der Waals surface area (Å²) in [5.41, 5.74) is 0.409. The van der Waals surface area contributed by atoms with E-state index in [0.29, 0.717) is 16.3 Å². The molecule has 0 spiro atoms. The van der Waals surface area contributed by atoms with E-state index in [4.69, 9.17) is 16.3 Å². The number of nitrogens with zero attached hydrogens (tertiary/aromatic N) is 2. The van der Waals surface area contributed by atoms with E-state index >= 15 is 0 Å². The number of amidine groups is 1. The average molecular weight is 367 g/mol. The van der Waals surface area contributed by atoms with Gasteiger partial charge in [-0.1, -0.05) is 29.8 Å². The van der Waals surface area contributed by atoms with Gasteiger partial charge in [0.2, 0.25) is 0 Å². The standard InChI is InChI=1S/C18H23ClN2O2S/c1-18(2)11-21(10-12-5-4-6-12)17(24-18)20-16(22)14-9-13(19)7-8-15(14)23-3/h7-9,12H,4-6,10-11H2,1-3H3. The predicted molar refractivity (Wildman–Crippen MR) is 100 cm³/mol. The largest absolute Gasteiger partial charge is 0.496 e. The Kier molecular flexibility index (Phi) is 5.11. The van der Waals surface area contributed by atoms with Gasteiger partial charge in [-0.05, 0) is 50.8 Å². The molecular formula is C18H23ClN2O2S. The summed E-state index contributed by atoms with van der Waals surface area (Å²) < 4.78 is 5.35. The highest BCUT2D eigenvalue weighted by atomic mass is 35.5. The highest BCUT2D eigenvalue weighted by Crippen LogP contribution is 2.38. The Hall–Kier alpha value is -1.20. The molecular weight excluding hydrogens is 344 g/mol. The molecule has 0 radical (unpaired) electrons. The lowest BCUT2D eigenvalue weighted by molar-refractivity contribution is 0.0998. The Morgan fingerprint density at radius 1 is 1.46 bits per heavy atom. The summed E-state index contributed by atoms with van der Waals surface area (Å²) in [5.74, 6) is 0.940. The Bertz CT molecular complexity index is 671. The van der Waals surface area contributed by atoms with Gasteiger partial charge in [-0.2, -0.15) is 4.99 Å². The maximum atomic E-state index is 12.7. The molecule has 0 atom stereocenters. The van der Waals surface area contributed by atoms with E-state index in [-0.39, 0.29) is 10.7 Å². The van der Waals surface area contributed by atoms with Gasteiger partial charge < -0.3 is 9.64 Å². The number of rotatable bonds is 4. The third-order valence-electron chi connectivity index (χ3n) is 4.50. The van der Waals surface area contributed by atoms with Crippen molar-refractivity contribution in [3.8, 4) is 5.75 Å². The number of benzene rings is 1. The molecule has 1 aliphatic heterocycles. The number of methoxy groups -OCH3 is 1. The zero-order valence-electron chi connectivity index (χ0n) is 14.3. The first-order valence-electron chi connectivity index (χ1n) is 8.28. The normalized spacial score (nSPS) is 21.8. The van der Waals surface area contributed by atoms with Crippen molar-refractivity contribution in [2.45, 2.75) is 37.9 Å². The molecule has 0 aromatic heterocycles. The lowest BCUT2D eigenvalue weighted by atomic mass is 9.85. The van der Waals surface area contributed by atoms with Crippen molar-refractivity contribution >= 4 is 34.4 Å². The van der Waals surface area contributed by atoms with Crippen LogP contribution in [0.3, 0.4) is 0 Å². The molecule has 1 aliphatic carbocycles. The van der Waals surface area contributed by atoms with Gasteiger partial charge in [-0.15, -0.1) is 0 Å². The van der Waals surface area contributed by atoms with Crippen molar-refractivity contribution in [3.05, 3.63) is 28.8 Å². The first-order valence-corrected chi connectivity index (χ1v) is 9.48. The molecule has 0 unspecified atom stereocenters. The number of hydrogen-bond donors (Lipinski definition) is 0. The molecule has 1 aromatic carbocycles. The lowest BCUT2D eigenvalue weighted by Gasteiger charge is -2.31. The molecule has 24 heavy (non-hydrogen) atoms. The van der Waals surface area contributed by atoms with Gasteiger partial charge in [0.15, 0.2) is 5.17 Å². The van der Waals surface area contributed by atoms with E-state index in [1.807, 2.05) is 0 Å². The van der Waals surface area contributed by atoms with E-state index in [9.17, 15) is 4.79 Å². The summed E-state index contributed by atoms with van der Waals surface area (Å²) >= 11 is 7.71. The molecule has 0 bridgehead atoms. The van der Waals surface area contributed by atoms with E-state index in [2.05, 4.69) is 23.7 Å². The first-order chi connectivity index (χ1) is 11.4. The van der Waals surface area contributed by atoms with Crippen LogP contribution in [0.25, 0.3) is 0 Å². The van der Waals surface area contributed by atoms with Gasteiger partial charge in [0.1, 0.15) is 5.75 Å². The predicted octanol–water partition coefficient (Wildman–Crippen LogP) is 4.47. The van der Waals surface area contributed by atoms with Gasteiger partial charge in [0.05, 0.1) is 12.7 Å². The molecule has 2 aliphatic rings. The highest BCUT2D eigenvalue weighted by molar-refractivity contribution is 8.15. The number of amides is 1. The minimum Gasteiger partial charge on any atom is -0.496 e. The summed E-state index contributed by atoms with van der Waals surface area (Å²) in [4.78, 5) is 19.4. The molecule has 4 nitrogen and oxygen atoms in total. The van der Waals surface area contributed by atoms with Crippen molar-refractivity contribution in [1.29, 1.82) is 0 Å². The topological polar surface area (TPSA) is 41.9 Å². The Labute approximate surface area is 152 Å². The molecule has 1 saturated heterocycles. The third kappa shape index (κ3) is 3.89. The van der Waals surface area contributed by atoms with Gasteiger partial charge >= 0.3 is 0 Å². The van der Waals surface area contributed by atoms with Gasteiger partial charge in [0, 0.05) is 22.9 Å². The van der Waals surface area contributed by atoms with E-state index in [0.717, 1.165) is 24.2 Å². The molecule has 6 heteroatoms. The Balaban J connectivity index is 1.84. The van der Waals surface area contributed by atoms with Crippen LogP contribution in [0, 0.1) is 5.92 Å². The lowest BCUT2D eigenvalue weighted by Crippen LogP contribution is -2.35. The van der Waals surface area contributed by atoms with Crippen LogP contribution >= 0.6 is 23.4 Å². The zero-order chi connectivity index (χ0) is 17.3. The van der Waals surface area contributed by atoms with Crippen molar-refractivity contribution in [3.63, 3.8) is 0 Å². The van der Waals surface area contributed by atoms with Crippen molar-refractivity contribution in [2.75, 3.05) is 20.2 Å². The number of aliphatic imine (C=N–C) groups is 1. The molecule has 1 amide bonds. The molecule has 1 aromatic rings. The van der Waals surface area contributed by atoms with Crippen LogP contribution in [0.5, 0.6) is 5.75 Å². The summed E-state index contributed by atoms with van der Waals surface area (Å²) in [5, 5.41) is 1.32. The van der Waals surface area contributed by atoms with Gasteiger partial charge in [-0.3, -0.25) is 4.79 Å². The number of thioether (sulfide) groups is 1. The molecule has 0 N–H and O–H groups in total. The SMILES string of the molecule is COc1ccc(Cl)cc1C(=O)N=C1SC(C)(C)CN1CC1CCC1. The summed E-state index contributed by atoms with van der Waals surface area (Å²) in [7, 11) is 1.55. The summed E-state index contributed by atoms with van der Waals surface area (Å²) in [6, 6.07) is 5.03. The van der Waals surface area contributed by atoms with Crippen LogP contribution in [0.15, 0.2) is 23.2 Å². The number of hydrogen-bond acceptors (Lipinski definition) is 3. The maximum Gasteiger partial charge on any atom is 0.283 e. The molecule has 1 heterocycles. The average Bonchev–Trinajstić information content (AvgIpc) is 2.76. The quantitative estimate of drug-likeness (QED) is 0.788. The summed E-state index contributed by atoms with van der Waals surface area (Å²) in [6.45, 7) is 6.30. The van der Waals surface area contributed by atoms with Crippen molar-refractivity contribution in [2.24, 2.45) is 10.9 Å². The second-order valence-corrected chi connectivity index (χ2v) is 9.19. The zero-order valence-corrected chi connectivity index (χ0v) is 15.9. The molecule has 1 saturated carbocycles. The first kappa shape index (κ1) is 17.6. The monoisotopic (exact) mass is 366 g/mol. The second-order valence-electron chi connectivity index (χ2n) is 7.08. The number of ether oxygens (including phenoxy) is 1. The van der Waals surface area contributed by atoms with Crippen LogP contribution in [0.2, 0.25) is 5.02 Å². The number of carbonyl (C=O) groups is 1. The minimum absolute atomic E-state index is 0.0707. The second kappa shape index (κ2) is 6.96. The van der Waals surface area contributed by atoms with Crippen LogP contribution in [-0.2, 0) is 0 Å². The minimum atomic E-state index is -0.298. The number of carbonyl (C=O) groups excluding carboxylic acids is 1. The van der Waals surface area contributed by atoms with Crippen LogP contribution < -0.4 is 4.74 Å². The highest BCUT2D eigenvalue weighted by Gasteiger charge is 2.37. The fraction of sp³-hybridized carbons (Fsp3) is 0.556. The fourth-order valence-electron chi connectivity index (χ4n) is 3.09. The summed E-state index contributed by atoms with van der Waals surface area (Å²) in [6.07, 6.45) is 3.88. The maximum absolute atomic E-state index is 12.7. The fourth-order valence-corrected chi connectivity index (χ4v) is 4.37. The van der Waals surface area contributed by atoms with Crippen LogP contribution in [0.1, 0.15) is 43.5 Å². The molecule has 3 rings (SSSR count). The van der Waals surface area contributed by atoms with Crippen LogP contribution in [0.4, 0.5) is 0 Å². The van der Waals surface area contributed by atoms with E-state index < -0.39 is 0 Å². The Morgan fingerprint density at radius 3 is 2.83 bits per heavy atom. The number of halogens is 1. The molecule has 2 fully saturated rings. The van der Waals surface area contributed by atoms with E-state index in [1.165, 1.54) is 19.3 Å². The van der Waals surface area contributed by atoms with Crippen molar-refractivity contribution in [1.82, 2.24) is 4.90 Å². The van der Waals surface area contributed by atoms with Gasteiger partial charge in [-0.25, -0.2) is 0 Å². The van der Waals surface area contributed by atoms with Gasteiger partial charge in [0.25, 0.3) is 5.91 Å². The Morgan fingerprint density at radius 2 is 2.21 bits per heavy atom. The van der Waals surface area contributed by atoms with E-state index in [1.54, 1.807) is 37.1 Å².